The fourth-order valence-electron chi connectivity index (χ4n) is 3.43. The van der Waals surface area contributed by atoms with Gasteiger partial charge in [0.1, 0.15) is 12.4 Å². The van der Waals surface area contributed by atoms with E-state index in [1.165, 1.54) is 6.21 Å². The molecule has 0 fully saturated rings. The van der Waals surface area contributed by atoms with Crippen molar-refractivity contribution >= 4 is 23.7 Å². The van der Waals surface area contributed by atoms with Crippen molar-refractivity contribution in [1.29, 1.82) is 0 Å². The van der Waals surface area contributed by atoms with E-state index in [0.29, 0.717) is 28.9 Å². The van der Waals surface area contributed by atoms with Gasteiger partial charge in [0.05, 0.1) is 13.3 Å². The van der Waals surface area contributed by atoms with E-state index in [4.69, 9.17) is 25.8 Å². The van der Waals surface area contributed by atoms with Crippen LogP contribution in [-0.2, 0) is 11.4 Å². The molecule has 6 nitrogen and oxygen atoms in total. The maximum atomic E-state index is 12.3. The van der Waals surface area contributed by atoms with Gasteiger partial charge < -0.3 is 14.2 Å². The number of halogens is 1. The molecule has 0 aromatic heterocycles. The van der Waals surface area contributed by atoms with Gasteiger partial charge in [-0.15, -0.1) is 0 Å². The number of ether oxygens (including phenoxy) is 3. The van der Waals surface area contributed by atoms with E-state index in [1.54, 1.807) is 19.2 Å². The Labute approximate surface area is 215 Å². The Balaban J connectivity index is 1.31. The zero-order valence-corrected chi connectivity index (χ0v) is 20.4. The molecule has 4 rings (SSSR count). The molecule has 0 unspecified atom stereocenters. The van der Waals surface area contributed by atoms with Crippen molar-refractivity contribution in [3.63, 3.8) is 0 Å². The Kier molecular flexibility index (Phi) is 8.57. The second kappa shape index (κ2) is 12.4. The lowest BCUT2D eigenvalue weighted by atomic mass is 10.1. The molecule has 0 spiro atoms. The Morgan fingerprint density at radius 1 is 0.861 bits per heavy atom. The number of nitrogens with one attached hydrogen (secondary N) is 1. The van der Waals surface area contributed by atoms with Crippen LogP contribution in [0.5, 0.6) is 17.2 Å². The van der Waals surface area contributed by atoms with Crippen molar-refractivity contribution in [2.24, 2.45) is 5.10 Å². The first-order valence-electron chi connectivity index (χ1n) is 11.3. The second-order valence-electron chi connectivity index (χ2n) is 7.77. The first kappa shape index (κ1) is 24.8. The minimum Gasteiger partial charge on any atom is -0.493 e. The molecule has 7 heteroatoms. The number of nitrogens with zero attached hydrogens (tertiary/aromatic N) is 1. The summed E-state index contributed by atoms with van der Waals surface area (Å²) in [4.78, 5) is 12.3. The van der Waals surface area contributed by atoms with Crippen LogP contribution in [0.4, 0.5) is 0 Å². The molecular formula is C29H25ClN2O4. The highest BCUT2D eigenvalue weighted by Gasteiger charge is 2.09. The summed E-state index contributed by atoms with van der Waals surface area (Å²) < 4.78 is 17.1. The first-order chi connectivity index (χ1) is 17.6. The summed E-state index contributed by atoms with van der Waals surface area (Å²) in [5.74, 6) is 1.41. The predicted octanol–water partition coefficient (Wildman–Crippen LogP) is 6.12. The number of hydrogen-bond acceptors (Lipinski definition) is 5. The van der Waals surface area contributed by atoms with Crippen LogP contribution in [0.3, 0.4) is 0 Å². The molecule has 0 bridgehead atoms. The van der Waals surface area contributed by atoms with E-state index < -0.39 is 0 Å². The monoisotopic (exact) mass is 500 g/mol. The Bertz CT molecular complexity index is 1320. The average molecular weight is 501 g/mol. The van der Waals surface area contributed by atoms with Crippen LogP contribution in [-0.4, -0.2) is 25.8 Å². The van der Waals surface area contributed by atoms with Gasteiger partial charge in [-0.1, -0.05) is 72.3 Å². The highest BCUT2D eigenvalue weighted by atomic mass is 35.5. The highest BCUT2D eigenvalue weighted by Crippen LogP contribution is 2.30. The molecule has 0 heterocycles. The van der Waals surface area contributed by atoms with Gasteiger partial charge in [-0.05, 0) is 53.1 Å². The summed E-state index contributed by atoms with van der Waals surface area (Å²) in [7, 11) is 1.57. The third kappa shape index (κ3) is 6.87. The number of benzene rings is 4. The molecule has 182 valence electrons. The van der Waals surface area contributed by atoms with Crippen molar-refractivity contribution in [3.05, 3.63) is 113 Å². The molecule has 36 heavy (non-hydrogen) atoms. The lowest BCUT2D eigenvalue weighted by Gasteiger charge is -2.11. The van der Waals surface area contributed by atoms with Crippen LogP contribution in [0.15, 0.2) is 102 Å². The number of hydrogen-bond donors (Lipinski definition) is 1. The first-order valence-corrected chi connectivity index (χ1v) is 11.6. The van der Waals surface area contributed by atoms with Crippen molar-refractivity contribution in [3.8, 4) is 28.4 Å². The molecule has 1 N–H and O–H groups in total. The molecule has 0 aliphatic rings. The largest absolute Gasteiger partial charge is 0.493 e. The Morgan fingerprint density at radius 2 is 1.61 bits per heavy atom. The summed E-state index contributed by atoms with van der Waals surface area (Å²) in [6, 6.07) is 30.3. The molecular weight excluding hydrogens is 476 g/mol. The van der Waals surface area contributed by atoms with Crippen LogP contribution in [0, 0.1) is 0 Å². The lowest BCUT2D eigenvalue weighted by Crippen LogP contribution is -2.24. The van der Waals surface area contributed by atoms with Crippen LogP contribution in [0.2, 0.25) is 5.02 Å². The third-order valence-corrected chi connectivity index (χ3v) is 5.48. The average Bonchev–Trinajstić information content (AvgIpc) is 2.92. The standard InChI is InChI=1S/C29H25ClN2O4/c1-34-28-17-22(13-16-27(28)35-19-21-11-14-24(30)15-12-21)18-31-32-29(33)20-36-26-10-6-5-9-25(26)23-7-3-2-4-8-23/h2-18H,19-20H2,1H3,(H,32,33)/b31-18+. The summed E-state index contributed by atoms with van der Waals surface area (Å²) >= 11 is 5.92. The van der Waals surface area contributed by atoms with E-state index in [9.17, 15) is 4.79 Å². The Morgan fingerprint density at radius 3 is 2.39 bits per heavy atom. The van der Waals surface area contributed by atoms with Gasteiger partial charge in [0.25, 0.3) is 5.91 Å². The number of amides is 1. The normalized spacial score (nSPS) is 10.7. The van der Waals surface area contributed by atoms with Crippen molar-refractivity contribution in [1.82, 2.24) is 5.43 Å². The summed E-state index contributed by atoms with van der Waals surface area (Å²) in [5, 5.41) is 4.70. The SMILES string of the molecule is COc1cc(/C=N/NC(=O)COc2ccccc2-c2ccccc2)ccc1OCc1ccc(Cl)cc1. The third-order valence-electron chi connectivity index (χ3n) is 5.23. The molecule has 0 radical (unpaired) electrons. The number of carbonyl (C=O) groups is 1. The Hall–Kier alpha value is -4.29. The zero-order chi connectivity index (χ0) is 25.2. The van der Waals surface area contributed by atoms with Crippen LogP contribution in [0.25, 0.3) is 11.1 Å². The maximum Gasteiger partial charge on any atom is 0.277 e. The van der Waals surface area contributed by atoms with Crippen LogP contribution in [0.1, 0.15) is 11.1 Å². The summed E-state index contributed by atoms with van der Waals surface area (Å²) in [6.07, 6.45) is 1.53. The molecule has 0 aliphatic carbocycles. The quantitative estimate of drug-likeness (QED) is 0.210. The number of methoxy groups -OCH3 is 1. The fourth-order valence-corrected chi connectivity index (χ4v) is 3.55. The minimum atomic E-state index is -0.371. The maximum absolute atomic E-state index is 12.3. The van der Waals surface area contributed by atoms with Gasteiger partial charge in [-0.2, -0.15) is 5.10 Å². The number of rotatable bonds is 10. The molecule has 0 saturated carbocycles. The van der Waals surface area contributed by atoms with Gasteiger partial charge in [0.2, 0.25) is 0 Å². The fraction of sp³-hybridized carbons (Fsp3) is 0.103. The van der Waals surface area contributed by atoms with Gasteiger partial charge in [-0.25, -0.2) is 5.43 Å². The van der Waals surface area contributed by atoms with Gasteiger partial charge in [-0.3, -0.25) is 4.79 Å². The van der Waals surface area contributed by atoms with Crippen LogP contribution < -0.4 is 19.6 Å². The summed E-state index contributed by atoms with van der Waals surface area (Å²) in [5.41, 5.74) is 6.14. The van der Waals surface area contributed by atoms with Crippen molar-refractivity contribution in [2.45, 2.75) is 6.61 Å². The molecule has 0 aliphatic heterocycles. The van der Waals surface area contributed by atoms with Crippen molar-refractivity contribution in [2.75, 3.05) is 13.7 Å². The topological polar surface area (TPSA) is 69.2 Å². The number of hydrazone groups is 1. The zero-order valence-electron chi connectivity index (χ0n) is 19.7. The lowest BCUT2D eigenvalue weighted by molar-refractivity contribution is -0.123. The van der Waals surface area contributed by atoms with Crippen LogP contribution >= 0.6 is 11.6 Å². The minimum absolute atomic E-state index is 0.165. The van der Waals surface area contributed by atoms with E-state index in [-0.39, 0.29) is 12.5 Å². The molecule has 0 atom stereocenters. The molecule has 4 aromatic carbocycles. The van der Waals surface area contributed by atoms with Crippen molar-refractivity contribution < 1.29 is 19.0 Å². The second-order valence-corrected chi connectivity index (χ2v) is 8.21. The van der Waals surface area contributed by atoms with E-state index >= 15 is 0 Å². The smallest absolute Gasteiger partial charge is 0.277 e. The highest BCUT2D eigenvalue weighted by molar-refractivity contribution is 6.30. The van der Waals surface area contributed by atoms with Gasteiger partial charge in [0.15, 0.2) is 18.1 Å². The van der Waals surface area contributed by atoms with Gasteiger partial charge in [0, 0.05) is 10.6 Å². The molecule has 1 amide bonds. The van der Waals surface area contributed by atoms with E-state index in [2.05, 4.69) is 10.5 Å². The number of para-hydroxylation sites is 1. The molecule has 0 saturated heterocycles. The predicted molar refractivity (Wildman–Crippen MR) is 142 cm³/mol. The van der Waals surface area contributed by atoms with Gasteiger partial charge >= 0.3 is 0 Å². The molecule has 4 aromatic rings. The number of carbonyl (C=O) groups excluding carboxylic acids is 1. The summed E-state index contributed by atoms with van der Waals surface area (Å²) in [6.45, 7) is 0.215. The van der Waals surface area contributed by atoms with E-state index in [0.717, 1.165) is 22.3 Å². The van der Waals surface area contributed by atoms with E-state index in [1.807, 2.05) is 84.9 Å².